The molecular formula is C13H19ClN4O2. The Morgan fingerprint density at radius 2 is 2.10 bits per heavy atom. The van der Waals surface area contributed by atoms with E-state index in [4.69, 9.17) is 11.6 Å². The van der Waals surface area contributed by atoms with Crippen molar-refractivity contribution in [3.05, 3.63) is 21.6 Å². The zero-order valence-corrected chi connectivity index (χ0v) is 12.5. The molecule has 0 bridgehead atoms. The fourth-order valence-corrected chi connectivity index (χ4v) is 2.98. The van der Waals surface area contributed by atoms with Crippen LogP contribution in [0.4, 0.5) is 11.5 Å². The maximum atomic E-state index is 11.1. The van der Waals surface area contributed by atoms with Gasteiger partial charge in [0.1, 0.15) is 6.20 Å². The monoisotopic (exact) mass is 298 g/mol. The highest BCUT2D eigenvalue weighted by molar-refractivity contribution is 6.28. The van der Waals surface area contributed by atoms with Crippen molar-refractivity contribution in [1.82, 2.24) is 9.97 Å². The van der Waals surface area contributed by atoms with Crippen molar-refractivity contribution in [2.45, 2.75) is 45.1 Å². The highest BCUT2D eigenvalue weighted by Crippen LogP contribution is 2.33. The van der Waals surface area contributed by atoms with Gasteiger partial charge in [0.05, 0.1) is 4.92 Å². The minimum absolute atomic E-state index is 0.0414. The maximum absolute atomic E-state index is 11.1. The molecule has 0 amide bonds. The summed E-state index contributed by atoms with van der Waals surface area (Å²) >= 11 is 5.78. The Bertz CT molecular complexity index is 489. The fourth-order valence-electron chi connectivity index (χ4n) is 2.85. The van der Waals surface area contributed by atoms with Gasteiger partial charge in [0.25, 0.3) is 0 Å². The summed E-state index contributed by atoms with van der Waals surface area (Å²) in [7, 11) is 1.85. The number of rotatable bonds is 4. The van der Waals surface area contributed by atoms with Crippen LogP contribution in [0.25, 0.3) is 0 Å². The van der Waals surface area contributed by atoms with Crippen LogP contribution in [0.1, 0.15) is 39.0 Å². The second kappa shape index (κ2) is 6.35. The van der Waals surface area contributed by atoms with E-state index < -0.39 is 4.92 Å². The van der Waals surface area contributed by atoms with Crippen LogP contribution in [0, 0.1) is 16.0 Å². The molecule has 0 saturated heterocycles. The molecule has 1 aliphatic carbocycles. The van der Waals surface area contributed by atoms with Crippen molar-refractivity contribution in [1.29, 1.82) is 0 Å². The van der Waals surface area contributed by atoms with Crippen LogP contribution in [0.15, 0.2) is 6.20 Å². The van der Waals surface area contributed by atoms with E-state index in [0.29, 0.717) is 5.82 Å². The molecule has 1 fully saturated rings. The highest BCUT2D eigenvalue weighted by Gasteiger charge is 2.28. The first kappa shape index (κ1) is 15.0. The second-order valence-corrected chi connectivity index (χ2v) is 5.64. The van der Waals surface area contributed by atoms with Gasteiger partial charge in [0, 0.05) is 13.1 Å². The van der Waals surface area contributed by atoms with Crippen LogP contribution in [0.2, 0.25) is 5.28 Å². The van der Waals surface area contributed by atoms with Crippen molar-refractivity contribution >= 4 is 23.1 Å². The number of hydrogen-bond donors (Lipinski definition) is 0. The Hall–Kier alpha value is -1.43. The first-order valence-corrected chi connectivity index (χ1v) is 7.30. The topological polar surface area (TPSA) is 72.2 Å². The molecule has 1 heterocycles. The van der Waals surface area contributed by atoms with E-state index in [2.05, 4.69) is 16.9 Å². The predicted octanol–water partition coefficient (Wildman–Crippen LogP) is 3.44. The minimum Gasteiger partial charge on any atom is -0.351 e. The molecule has 1 aliphatic rings. The molecule has 0 atom stereocenters. The molecule has 7 heteroatoms. The Morgan fingerprint density at radius 3 is 2.65 bits per heavy atom. The van der Waals surface area contributed by atoms with Crippen LogP contribution in [0.3, 0.4) is 0 Å². The molecule has 0 aliphatic heterocycles. The summed E-state index contributed by atoms with van der Waals surface area (Å²) in [4.78, 5) is 20.2. The van der Waals surface area contributed by atoms with Gasteiger partial charge < -0.3 is 4.90 Å². The summed E-state index contributed by atoms with van der Waals surface area (Å²) in [6, 6.07) is 0.280. The minimum atomic E-state index is -0.458. The summed E-state index contributed by atoms with van der Waals surface area (Å²) in [6.07, 6.45) is 6.78. The molecular weight excluding hydrogens is 280 g/mol. The van der Waals surface area contributed by atoms with Crippen LogP contribution in [0.5, 0.6) is 0 Å². The van der Waals surface area contributed by atoms with Gasteiger partial charge in [0.2, 0.25) is 11.1 Å². The smallest absolute Gasteiger partial charge is 0.329 e. The summed E-state index contributed by atoms with van der Waals surface area (Å²) in [6.45, 7) is 2.21. The summed E-state index contributed by atoms with van der Waals surface area (Å²) < 4.78 is 0. The van der Waals surface area contributed by atoms with Crippen LogP contribution >= 0.6 is 11.6 Å². The van der Waals surface area contributed by atoms with Gasteiger partial charge in [-0.3, -0.25) is 10.1 Å². The number of aromatic nitrogens is 2. The Kier molecular flexibility index (Phi) is 4.75. The summed E-state index contributed by atoms with van der Waals surface area (Å²) in [5.74, 6) is 1.10. The van der Waals surface area contributed by atoms with Crippen molar-refractivity contribution in [3.63, 3.8) is 0 Å². The Labute approximate surface area is 123 Å². The summed E-state index contributed by atoms with van der Waals surface area (Å²) in [5.41, 5.74) is -0.0884. The van der Waals surface area contributed by atoms with E-state index >= 15 is 0 Å². The number of hydrogen-bond acceptors (Lipinski definition) is 5. The predicted molar refractivity (Wildman–Crippen MR) is 78.1 cm³/mol. The van der Waals surface area contributed by atoms with E-state index in [1.54, 1.807) is 0 Å². The highest BCUT2D eigenvalue weighted by atomic mass is 35.5. The zero-order valence-electron chi connectivity index (χ0n) is 11.8. The maximum Gasteiger partial charge on any atom is 0.329 e. The lowest BCUT2D eigenvalue weighted by Crippen LogP contribution is -2.36. The van der Waals surface area contributed by atoms with E-state index in [-0.39, 0.29) is 17.0 Å². The lowest BCUT2D eigenvalue weighted by Gasteiger charge is -2.34. The number of nitrogens with zero attached hydrogens (tertiary/aromatic N) is 4. The van der Waals surface area contributed by atoms with Crippen molar-refractivity contribution in [2.24, 2.45) is 5.92 Å². The molecule has 0 spiro atoms. The first-order valence-electron chi connectivity index (χ1n) is 6.92. The molecule has 110 valence electrons. The second-order valence-electron chi connectivity index (χ2n) is 5.30. The standard InChI is InChI=1S/C13H19ClN4O2/c1-3-9-4-6-10(7-5-9)17(2)12-11(18(19)20)8-15-13(14)16-12/h8-10H,3-7H2,1-2H3. The lowest BCUT2D eigenvalue weighted by atomic mass is 9.84. The van der Waals surface area contributed by atoms with Crippen LogP contribution in [-0.4, -0.2) is 28.0 Å². The molecule has 1 saturated carbocycles. The molecule has 20 heavy (non-hydrogen) atoms. The molecule has 0 radical (unpaired) electrons. The third-order valence-electron chi connectivity index (χ3n) is 4.19. The molecule has 1 aromatic rings. The first-order chi connectivity index (χ1) is 9.52. The lowest BCUT2D eigenvalue weighted by molar-refractivity contribution is -0.384. The Morgan fingerprint density at radius 1 is 1.45 bits per heavy atom. The van der Waals surface area contributed by atoms with Crippen molar-refractivity contribution < 1.29 is 4.92 Å². The third kappa shape index (κ3) is 3.17. The average Bonchev–Trinajstić information content (AvgIpc) is 2.46. The van der Waals surface area contributed by atoms with Crippen molar-refractivity contribution in [2.75, 3.05) is 11.9 Å². The van der Waals surface area contributed by atoms with Gasteiger partial charge in [-0.1, -0.05) is 13.3 Å². The van der Waals surface area contributed by atoms with Gasteiger partial charge in [0.15, 0.2) is 0 Å². The van der Waals surface area contributed by atoms with Crippen LogP contribution in [-0.2, 0) is 0 Å². The molecule has 0 N–H and O–H groups in total. The number of anilines is 1. The van der Waals surface area contributed by atoms with Gasteiger partial charge in [-0.05, 0) is 43.2 Å². The average molecular weight is 299 g/mol. The normalized spacial score (nSPS) is 22.6. The van der Waals surface area contributed by atoms with Crippen LogP contribution < -0.4 is 4.90 Å². The zero-order chi connectivity index (χ0) is 14.7. The molecule has 0 aromatic carbocycles. The molecule has 2 rings (SSSR count). The largest absolute Gasteiger partial charge is 0.351 e. The van der Waals surface area contributed by atoms with E-state index in [9.17, 15) is 10.1 Å². The third-order valence-corrected chi connectivity index (χ3v) is 4.37. The Balaban J connectivity index is 2.18. The molecule has 6 nitrogen and oxygen atoms in total. The van der Waals surface area contributed by atoms with Crippen molar-refractivity contribution in [3.8, 4) is 0 Å². The number of nitro groups is 1. The van der Waals surface area contributed by atoms with Gasteiger partial charge in [-0.2, -0.15) is 4.98 Å². The van der Waals surface area contributed by atoms with E-state index in [1.807, 2.05) is 11.9 Å². The van der Waals surface area contributed by atoms with Gasteiger partial charge in [-0.15, -0.1) is 0 Å². The van der Waals surface area contributed by atoms with E-state index in [1.165, 1.54) is 12.6 Å². The van der Waals surface area contributed by atoms with E-state index in [0.717, 1.165) is 31.6 Å². The quantitative estimate of drug-likeness (QED) is 0.483. The van der Waals surface area contributed by atoms with Gasteiger partial charge >= 0.3 is 5.69 Å². The number of halogens is 1. The SMILES string of the molecule is CCC1CCC(N(C)c2nc(Cl)ncc2[N+](=O)[O-])CC1. The molecule has 0 unspecified atom stereocenters. The molecule has 1 aromatic heterocycles. The van der Waals surface area contributed by atoms with Gasteiger partial charge in [-0.25, -0.2) is 4.98 Å². The fraction of sp³-hybridized carbons (Fsp3) is 0.692. The summed E-state index contributed by atoms with van der Waals surface area (Å²) in [5, 5.41) is 11.1.